The first-order valence-electron chi connectivity index (χ1n) is 3.88. The molecule has 0 radical (unpaired) electrons. The zero-order valence-corrected chi connectivity index (χ0v) is 8.91. The van der Waals surface area contributed by atoms with Gasteiger partial charge in [0.05, 0.1) is 0 Å². The van der Waals surface area contributed by atoms with E-state index in [1.165, 1.54) is 0 Å². The van der Waals surface area contributed by atoms with Crippen molar-refractivity contribution in [1.29, 1.82) is 0 Å². The van der Waals surface area contributed by atoms with Gasteiger partial charge in [-0.3, -0.25) is 0 Å². The van der Waals surface area contributed by atoms with Gasteiger partial charge in [0, 0.05) is 21.3 Å². The molecule has 12 heavy (non-hydrogen) atoms. The van der Waals surface area contributed by atoms with Crippen molar-refractivity contribution in [3.8, 4) is 0 Å². The Morgan fingerprint density at radius 3 is 3.00 bits per heavy atom. The van der Waals surface area contributed by atoms with E-state index >= 15 is 0 Å². The number of aliphatic hydroxyl groups is 1. The molecular weight excluding hydrogens is 238 g/mol. The van der Waals surface area contributed by atoms with E-state index in [-0.39, 0.29) is 0 Å². The molecule has 1 saturated heterocycles. The summed E-state index contributed by atoms with van der Waals surface area (Å²) in [6, 6.07) is 2.00. The Morgan fingerprint density at radius 1 is 1.67 bits per heavy atom. The minimum absolute atomic E-state index is 0.614. The largest absolute Gasteiger partial charge is 0.383 e. The molecule has 2 N–H and O–H groups in total. The number of β-amino-alcohol motifs (C(OH)–C–C–N with tert-alkyl or cyclic N) is 1. The predicted molar refractivity (Wildman–Crippen MR) is 53.4 cm³/mol. The number of hydrogen-bond donors (Lipinski definition) is 2. The number of halogens is 1. The van der Waals surface area contributed by atoms with Gasteiger partial charge in [0.25, 0.3) is 0 Å². The maximum atomic E-state index is 10.1. The van der Waals surface area contributed by atoms with Crippen molar-refractivity contribution >= 4 is 27.3 Å². The third kappa shape index (κ3) is 1.44. The lowest BCUT2D eigenvalue weighted by molar-refractivity contribution is 0.0626. The summed E-state index contributed by atoms with van der Waals surface area (Å²) in [5, 5.41) is 15.3. The fourth-order valence-electron chi connectivity index (χ4n) is 1.45. The quantitative estimate of drug-likeness (QED) is 0.792. The zero-order valence-electron chi connectivity index (χ0n) is 6.51. The van der Waals surface area contributed by atoms with Crippen LogP contribution in [0.1, 0.15) is 11.3 Å². The normalized spacial score (nSPS) is 29.5. The zero-order chi connectivity index (χ0) is 8.60. The van der Waals surface area contributed by atoms with Gasteiger partial charge in [0.15, 0.2) is 0 Å². The van der Waals surface area contributed by atoms with Gasteiger partial charge in [-0.2, -0.15) is 0 Å². The molecule has 2 heterocycles. The molecule has 1 atom stereocenters. The molecule has 1 aliphatic heterocycles. The van der Waals surface area contributed by atoms with Crippen LogP contribution >= 0.6 is 27.3 Å². The highest BCUT2D eigenvalue weighted by atomic mass is 79.9. The smallest absolute Gasteiger partial charge is 0.112 e. The van der Waals surface area contributed by atoms with Gasteiger partial charge in [-0.15, -0.1) is 11.3 Å². The summed E-state index contributed by atoms with van der Waals surface area (Å²) >= 11 is 4.99. The molecule has 1 unspecified atom stereocenters. The van der Waals surface area contributed by atoms with E-state index in [0.29, 0.717) is 6.54 Å². The van der Waals surface area contributed by atoms with Crippen LogP contribution in [0, 0.1) is 0 Å². The number of hydrogen-bond acceptors (Lipinski definition) is 3. The lowest BCUT2D eigenvalue weighted by Crippen LogP contribution is -2.26. The molecule has 0 spiro atoms. The number of nitrogens with one attached hydrogen (secondary N) is 1. The molecule has 66 valence electrons. The summed E-state index contributed by atoms with van der Waals surface area (Å²) in [6.45, 7) is 1.59. The van der Waals surface area contributed by atoms with Crippen molar-refractivity contribution in [3.63, 3.8) is 0 Å². The van der Waals surface area contributed by atoms with Gasteiger partial charge < -0.3 is 10.4 Å². The van der Waals surface area contributed by atoms with Crippen molar-refractivity contribution in [1.82, 2.24) is 5.32 Å². The molecule has 0 aliphatic carbocycles. The lowest BCUT2D eigenvalue weighted by atomic mass is 10.0. The monoisotopic (exact) mass is 247 g/mol. The molecule has 2 rings (SSSR count). The molecule has 1 fully saturated rings. The summed E-state index contributed by atoms with van der Waals surface area (Å²) < 4.78 is 1.06. The van der Waals surface area contributed by atoms with Crippen LogP contribution < -0.4 is 5.32 Å². The highest BCUT2D eigenvalue weighted by molar-refractivity contribution is 9.10. The summed E-state index contributed by atoms with van der Waals surface area (Å²) in [5.41, 5.74) is -0.614. The van der Waals surface area contributed by atoms with Crippen molar-refractivity contribution in [3.05, 3.63) is 20.8 Å². The average Bonchev–Trinajstić information content (AvgIpc) is 2.59. The van der Waals surface area contributed by atoms with Gasteiger partial charge >= 0.3 is 0 Å². The van der Waals surface area contributed by atoms with Crippen LogP contribution in [0.25, 0.3) is 0 Å². The Kier molecular flexibility index (Phi) is 2.25. The predicted octanol–water partition coefficient (Wildman–Crippen LogP) is 1.69. The van der Waals surface area contributed by atoms with Crippen LogP contribution in [-0.2, 0) is 5.60 Å². The maximum Gasteiger partial charge on any atom is 0.112 e. The summed E-state index contributed by atoms with van der Waals surface area (Å²) in [4.78, 5) is 1.05. The van der Waals surface area contributed by atoms with Crippen LogP contribution in [0.5, 0.6) is 0 Å². The fourth-order valence-corrected chi connectivity index (χ4v) is 3.00. The van der Waals surface area contributed by atoms with E-state index in [0.717, 1.165) is 22.3 Å². The molecule has 0 amide bonds. The minimum Gasteiger partial charge on any atom is -0.383 e. The summed E-state index contributed by atoms with van der Waals surface area (Å²) in [6.07, 6.45) is 0.819. The molecular formula is C8H10BrNOS. The number of thiophene rings is 1. The second-order valence-electron chi connectivity index (χ2n) is 3.09. The van der Waals surface area contributed by atoms with Crippen LogP contribution in [0.15, 0.2) is 15.9 Å². The third-order valence-electron chi connectivity index (χ3n) is 2.16. The summed E-state index contributed by atoms with van der Waals surface area (Å²) in [5.74, 6) is 0. The minimum atomic E-state index is -0.614. The third-order valence-corrected chi connectivity index (χ3v) is 4.04. The van der Waals surface area contributed by atoms with Crippen LogP contribution in [0.3, 0.4) is 0 Å². The Hall–Kier alpha value is 0.1000. The molecule has 1 aliphatic rings. The highest BCUT2D eigenvalue weighted by Gasteiger charge is 2.34. The SMILES string of the molecule is OC1(c2cc(Br)cs2)CCNC1. The first-order valence-corrected chi connectivity index (χ1v) is 5.56. The van der Waals surface area contributed by atoms with Crippen LogP contribution in [0.4, 0.5) is 0 Å². The molecule has 1 aromatic heterocycles. The van der Waals surface area contributed by atoms with Gasteiger partial charge in [-0.1, -0.05) is 0 Å². The lowest BCUT2D eigenvalue weighted by Gasteiger charge is -2.18. The molecule has 0 bridgehead atoms. The van der Waals surface area contributed by atoms with E-state index in [4.69, 9.17) is 0 Å². The maximum absolute atomic E-state index is 10.1. The summed E-state index contributed by atoms with van der Waals surface area (Å²) in [7, 11) is 0. The van der Waals surface area contributed by atoms with Crippen molar-refractivity contribution in [2.24, 2.45) is 0 Å². The Morgan fingerprint density at radius 2 is 2.50 bits per heavy atom. The van der Waals surface area contributed by atoms with Gasteiger partial charge in [0.1, 0.15) is 5.60 Å². The van der Waals surface area contributed by atoms with Crippen LogP contribution in [-0.4, -0.2) is 18.2 Å². The van der Waals surface area contributed by atoms with E-state index in [1.54, 1.807) is 11.3 Å². The van der Waals surface area contributed by atoms with Crippen molar-refractivity contribution in [2.75, 3.05) is 13.1 Å². The Bertz CT molecular complexity index is 280. The molecule has 4 heteroatoms. The van der Waals surface area contributed by atoms with Crippen molar-refractivity contribution < 1.29 is 5.11 Å². The average molecular weight is 248 g/mol. The molecule has 0 aromatic carbocycles. The fraction of sp³-hybridized carbons (Fsp3) is 0.500. The standard InChI is InChI=1S/C8H10BrNOS/c9-6-3-7(12-4-6)8(11)1-2-10-5-8/h3-4,10-11H,1-2,5H2. The Labute approximate surface area is 83.7 Å². The van der Waals surface area contributed by atoms with E-state index in [1.807, 2.05) is 11.4 Å². The topological polar surface area (TPSA) is 32.3 Å². The van der Waals surface area contributed by atoms with E-state index < -0.39 is 5.60 Å². The van der Waals surface area contributed by atoms with Crippen LogP contribution in [0.2, 0.25) is 0 Å². The van der Waals surface area contributed by atoms with E-state index in [2.05, 4.69) is 21.2 Å². The first kappa shape index (κ1) is 8.69. The molecule has 1 aromatic rings. The molecule has 0 saturated carbocycles. The van der Waals surface area contributed by atoms with Gasteiger partial charge in [0.2, 0.25) is 0 Å². The second-order valence-corrected chi connectivity index (χ2v) is 4.91. The van der Waals surface area contributed by atoms with Gasteiger partial charge in [-0.25, -0.2) is 0 Å². The molecule has 2 nitrogen and oxygen atoms in total. The highest BCUT2D eigenvalue weighted by Crippen LogP contribution is 2.33. The van der Waals surface area contributed by atoms with E-state index in [9.17, 15) is 5.11 Å². The first-order chi connectivity index (χ1) is 5.71. The number of rotatable bonds is 1. The Balaban J connectivity index is 2.28. The second kappa shape index (κ2) is 3.10. The van der Waals surface area contributed by atoms with Crippen molar-refractivity contribution in [2.45, 2.75) is 12.0 Å². The van der Waals surface area contributed by atoms with Gasteiger partial charge in [-0.05, 0) is 35.0 Å².